The average Bonchev–Trinajstić information content (AvgIpc) is 3.28. The normalized spacial score (nSPS) is 13.1. The van der Waals surface area contributed by atoms with E-state index in [4.69, 9.17) is 4.55 Å². The lowest BCUT2D eigenvalue weighted by atomic mass is 10.1. The van der Waals surface area contributed by atoms with Crippen molar-refractivity contribution < 1.29 is 82.9 Å². The fourth-order valence-corrected chi connectivity index (χ4v) is 9.80. The number of hydrogen-bond acceptors (Lipinski definition) is 27. The zero-order valence-corrected chi connectivity index (χ0v) is 43.2. The van der Waals surface area contributed by atoms with E-state index in [2.05, 4.69) is 67.0 Å². The Kier molecular flexibility index (Phi) is 17.1. The number of rotatable bonds is 24. The Bertz CT molecular complexity index is 4060. The zero-order chi connectivity index (χ0) is 56.2. The first-order chi connectivity index (χ1) is 35.2. The molecule has 0 radical (unpaired) electrons. The van der Waals surface area contributed by atoms with Gasteiger partial charge in [-0.2, -0.15) is 80.7 Å². The number of aromatic hydroxyl groups is 1. The first kappa shape index (κ1) is 57.9. The van der Waals surface area contributed by atoms with Gasteiger partial charge in [0, 0.05) is 43.0 Å². The molecule has 4 aromatic carbocycles. The number of phenols is 1. The average molecular weight is 1180 g/mol. The molecule has 1 atom stereocenters. The smallest absolute Gasteiger partial charge is 0.297 e. The lowest BCUT2D eigenvalue weighted by molar-refractivity contribution is 0.472. The number of fused-ring (bicyclic) bond motifs is 2. The third-order valence-corrected chi connectivity index (χ3v) is 14.7. The SMILES string of the molecule is CC(CNc1nc(NCCS(=O)(=O)O)nc(Nc2cc(S(=O)(=O)O)cc3cc(S(=O)(=O)O)c(N=Nc4ccc5ccccc5c4S(=O)(=O)O)c(O)c23)n1)Nc1nc(NCCS(=O)(=O)O)nc(NCCS(=O)(=O)O)c1C#N. The summed E-state index contributed by atoms with van der Waals surface area (Å²) >= 11 is 0. The highest BCUT2D eigenvalue weighted by atomic mass is 32.2. The van der Waals surface area contributed by atoms with Crippen molar-refractivity contribution in [2.24, 2.45) is 10.2 Å². The van der Waals surface area contributed by atoms with Crippen LogP contribution in [0.25, 0.3) is 21.5 Å². The lowest BCUT2D eigenvalue weighted by Crippen LogP contribution is -2.28. The minimum atomic E-state index is -5.45. The van der Waals surface area contributed by atoms with Gasteiger partial charge in [-0.15, -0.1) is 10.2 Å². The second-order valence-corrected chi connectivity index (χ2v) is 24.5. The van der Waals surface area contributed by atoms with E-state index in [-0.39, 0.29) is 35.1 Å². The fraction of sp³-hybridized carbons (Fsp3) is 0.243. The molecule has 0 amide bonds. The van der Waals surface area contributed by atoms with Crippen LogP contribution in [0.3, 0.4) is 0 Å². The van der Waals surface area contributed by atoms with Crippen LogP contribution in [-0.4, -0.2) is 157 Å². The first-order valence-electron chi connectivity index (χ1n) is 20.8. The summed E-state index contributed by atoms with van der Waals surface area (Å²) in [7, 11) is -29.3. The Morgan fingerprint density at radius 3 is 1.72 bits per heavy atom. The van der Waals surface area contributed by atoms with Crippen molar-refractivity contribution in [3.8, 4) is 11.8 Å². The molecular formula is C37H40N14O19S6. The van der Waals surface area contributed by atoms with E-state index in [0.717, 1.165) is 6.07 Å². The number of aromatic nitrogens is 5. The van der Waals surface area contributed by atoms with Crippen LogP contribution in [0.5, 0.6) is 5.75 Å². The molecule has 0 saturated carbocycles. The monoisotopic (exact) mass is 1180 g/mol. The molecule has 408 valence electrons. The third kappa shape index (κ3) is 15.6. The summed E-state index contributed by atoms with van der Waals surface area (Å²) in [6, 6.07) is 11.2. The van der Waals surface area contributed by atoms with E-state index in [1.165, 1.54) is 31.2 Å². The van der Waals surface area contributed by atoms with Crippen LogP contribution in [0.1, 0.15) is 12.5 Å². The number of nitrogens with zero attached hydrogens (tertiary/aromatic N) is 8. The van der Waals surface area contributed by atoms with Gasteiger partial charge in [-0.05, 0) is 42.0 Å². The molecule has 0 aliphatic rings. The van der Waals surface area contributed by atoms with Crippen LogP contribution in [0.2, 0.25) is 0 Å². The number of phenolic OH excluding ortho intramolecular Hbond substituents is 1. The van der Waals surface area contributed by atoms with Gasteiger partial charge in [-0.1, -0.05) is 30.3 Å². The molecule has 0 aliphatic heterocycles. The molecule has 2 heterocycles. The van der Waals surface area contributed by atoms with Gasteiger partial charge in [-0.3, -0.25) is 27.3 Å². The van der Waals surface area contributed by atoms with Crippen LogP contribution in [0, 0.1) is 11.3 Å². The van der Waals surface area contributed by atoms with Crippen molar-refractivity contribution in [1.29, 1.82) is 5.26 Å². The Labute approximate surface area is 430 Å². The molecule has 0 fully saturated rings. The van der Waals surface area contributed by atoms with Gasteiger partial charge in [0.05, 0.1) is 27.8 Å². The second kappa shape index (κ2) is 22.5. The summed E-state index contributed by atoms with van der Waals surface area (Å²) in [6.45, 7) is -0.195. The molecule has 33 nitrogen and oxygen atoms in total. The van der Waals surface area contributed by atoms with Crippen molar-refractivity contribution in [2.45, 2.75) is 27.7 Å². The summed E-state index contributed by atoms with van der Waals surface area (Å²) < 4.78 is 203. The third-order valence-electron chi connectivity index (χ3n) is 9.86. The van der Waals surface area contributed by atoms with Crippen molar-refractivity contribution in [3.63, 3.8) is 0 Å². The largest absolute Gasteiger partial charge is 0.505 e. The number of benzene rings is 4. The van der Waals surface area contributed by atoms with Gasteiger partial charge in [0.1, 0.15) is 32.8 Å². The number of nitrogens with one attached hydrogen (secondary N) is 6. The van der Waals surface area contributed by atoms with Gasteiger partial charge in [0.25, 0.3) is 60.7 Å². The minimum Gasteiger partial charge on any atom is -0.505 e. The van der Waals surface area contributed by atoms with Gasteiger partial charge in [-0.25, -0.2) is 0 Å². The summed E-state index contributed by atoms with van der Waals surface area (Å²) in [4.78, 5) is 17.7. The van der Waals surface area contributed by atoms with E-state index in [1.54, 1.807) is 6.07 Å². The van der Waals surface area contributed by atoms with Crippen LogP contribution in [-0.2, 0) is 60.7 Å². The van der Waals surface area contributed by atoms with Gasteiger partial charge in [0.15, 0.2) is 17.4 Å². The van der Waals surface area contributed by atoms with Gasteiger partial charge < -0.3 is 37.0 Å². The highest BCUT2D eigenvalue weighted by Crippen LogP contribution is 2.46. The molecule has 6 rings (SSSR count). The predicted octanol–water partition coefficient (Wildman–Crippen LogP) is 2.26. The predicted molar refractivity (Wildman–Crippen MR) is 269 cm³/mol. The standard InChI is InChI=1S/C37H40N14O19S6/c1-19(43-33-24(17-38)32(39-8-11-71(53,54)55)45-34(46-33)40-9-12-72(56,57)58)18-42-36-47-35(41-10-13-73(59,60)61)48-37(49-36)44-26-16-22(74(62,63)64)14-21-15-27(75(65,66)67)29(30(52)28(21)26)51-50-25-7-6-20-4-2-3-5-23(20)31(25)76(68,69)70/h2-7,14-16,19,52H,8-13,18H2,1H3,(H,53,54,55)(H,56,57,58)(H,59,60,61)(H,62,63,64)(H,65,66,67)(H,68,69,70)(H3,39,40,43,45,46)(H3,41,42,44,47,48,49). The zero-order valence-electron chi connectivity index (χ0n) is 38.3. The highest BCUT2D eigenvalue weighted by molar-refractivity contribution is 7.87. The number of hydrogen-bond donors (Lipinski definition) is 13. The van der Waals surface area contributed by atoms with Crippen LogP contribution < -0.4 is 31.9 Å². The van der Waals surface area contributed by atoms with Crippen molar-refractivity contribution in [1.82, 2.24) is 24.9 Å². The lowest BCUT2D eigenvalue weighted by Gasteiger charge is -2.19. The summed E-state index contributed by atoms with van der Waals surface area (Å²) in [6.07, 6.45) is 0. The maximum Gasteiger partial charge on any atom is 0.297 e. The Morgan fingerprint density at radius 1 is 0.605 bits per heavy atom. The molecule has 0 saturated heterocycles. The molecule has 76 heavy (non-hydrogen) atoms. The summed E-state index contributed by atoms with van der Waals surface area (Å²) in [5, 5.41) is 44.4. The molecule has 0 aliphatic carbocycles. The Hall–Kier alpha value is -7.36. The van der Waals surface area contributed by atoms with E-state index in [0.29, 0.717) is 23.6 Å². The summed E-state index contributed by atoms with van der Waals surface area (Å²) in [5.74, 6) is -6.02. The van der Waals surface area contributed by atoms with Gasteiger partial charge >= 0.3 is 0 Å². The fourth-order valence-electron chi connectivity index (χ4n) is 6.69. The van der Waals surface area contributed by atoms with E-state index < -0.39 is 170 Å². The van der Waals surface area contributed by atoms with Crippen LogP contribution in [0.4, 0.5) is 52.5 Å². The molecule has 0 spiro atoms. The maximum atomic E-state index is 12.8. The Morgan fingerprint density at radius 2 is 1.16 bits per heavy atom. The molecule has 13 N–H and O–H groups in total. The van der Waals surface area contributed by atoms with E-state index >= 15 is 0 Å². The molecule has 2 aromatic heterocycles. The number of anilines is 7. The van der Waals surface area contributed by atoms with Crippen LogP contribution >= 0.6 is 0 Å². The van der Waals surface area contributed by atoms with Crippen LogP contribution in [0.15, 0.2) is 79.5 Å². The summed E-state index contributed by atoms with van der Waals surface area (Å²) in [5.41, 5.74) is -2.55. The quantitative estimate of drug-likeness (QED) is 0.0305. The molecule has 39 heteroatoms. The van der Waals surface area contributed by atoms with E-state index in [9.17, 15) is 83.6 Å². The van der Waals surface area contributed by atoms with Crippen molar-refractivity contribution >= 4 is 135 Å². The molecule has 6 aromatic rings. The van der Waals surface area contributed by atoms with Crippen molar-refractivity contribution in [2.75, 3.05) is 75.3 Å². The Balaban J connectivity index is 1.42. The first-order valence-corrected chi connectivity index (χ1v) is 30.0. The molecule has 0 bridgehead atoms. The van der Waals surface area contributed by atoms with Crippen molar-refractivity contribution in [3.05, 3.63) is 60.2 Å². The van der Waals surface area contributed by atoms with Gasteiger partial charge in [0.2, 0.25) is 23.8 Å². The molecular weight excluding hydrogens is 1140 g/mol. The second-order valence-electron chi connectivity index (χ2n) is 15.6. The topological polar surface area (TPSA) is 532 Å². The molecule has 1 unspecified atom stereocenters. The number of nitriles is 1. The number of azo groups is 1. The minimum absolute atomic E-state index is 0.0498. The van der Waals surface area contributed by atoms with E-state index in [1.807, 2.05) is 6.07 Å². The highest BCUT2D eigenvalue weighted by Gasteiger charge is 2.28. The maximum absolute atomic E-state index is 12.8.